The van der Waals surface area contributed by atoms with E-state index < -0.39 is 18.4 Å². The summed E-state index contributed by atoms with van der Waals surface area (Å²) < 4.78 is 8.17. The van der Waals surface area contributed by atoms with Gasteiger partial charge in [-0.1, -0.05) is 0 Å². The van der Waals surface area contributed by atoms with E-state index in [4.69, 9.17) is 0 Å². The third kappa shape index (κ3) is 9.12. The first kappa shape index (κ1) is 18.5. The van der Waals surface area contributed by atoms with Crippen molar-refractivity contribution in [2.24, 2.45) is 0 Å². The van der Waals surface area contributed by atoms with Crippen LogP contribution < -0.4 is 0 Å². The van der Waals surface area contributed by atoms with Gasteiger partial charge in [-0.15, -0.1) is 0 Å². The Morgan fingerprint density at radius 3 is 1.29 bits per heavy atom. The quantitative estimate of drug-likeness (QED) is 0.174. The van der Waals surface area contributed by atoms with E-state index in [-0.39, 0.29) is 0 Å². The van der Waals surface area contributed by atoms with Crippen molar-refractivity contribution in [1.29, 1.82) is 0 Å². The van der Waals surface area contributed by atoms with Gasteiger partial charge in [0.25, 0.3) is 0 Å². The Labute approximate surface area is 128 Å². The van der Waals surface area contributed by atoms with Crippen LogP contribution in [0.1, 0.15) is 65.7 Å². The number of hydrogen-bond acceptors (Lipinski definition) is 0. The summed E-state index contributed by atoms with van der Waals surface area (Å²) in [7, 11) is 0. The second-order valence-electron chi connectivity index (χ2n) is 5.60. The Hall–Kier alpha value is 1.53. The van der Waals surface area contributed by atoms with Gasteiger partial charge in [-0.2, -0.15) is 0 Å². The standard InChI is InChI=1S/3C4H9.C3H6I.Sn/c3*1-3-4-2;1-2-3-4;/h3*1,3-4H2,2H3;1-3H2;. The molecule has 0 aromatic rings. The molecule has 0 radical (unpaired) electrons. The first-order chi connectivity index (χ1) is 8.24. The molecule has 0 amide bonds. The minimum atomic E-state index is -1.70. The van der Waals surface area contributed by atoms with Crippen molar-refractivity contribution >= 4 is 41.0 Å². The van der Waals surface area contributed by atoms with Crippen molar-refractivity contribution in [2.75, 3.05) is 4.43 Å². The number of alkyl halides is 1. The molecule has 0 aromatic carbocycles. The SMILES string of the molecule is CCC[CH2][Sn]([CH2]CCC)([CH2]CCC)[CH2]CCI. The van der Waals surface area contributed by atoms with Gasteiger partial charge in [-0.25, -0.2) is 0 Å². The maximum atomic E-state index is 2.57. The maximum absolute atomic E-state index is 2.57. The second kappa shape index (κ2) is 12.6. The van der Waals surface area contributed by atoms with Crippen molar-refractivity contribution in [3.05, 3.63) is 0 Å². The Morgan fingerprint density at radius 1 is 0.647 bits per heavy atom. The van der Waals surface area contributed by atoms with E-state index in [0.717, 1.165) is 0 Å². The number of hydrogen-bond donors (Lipinski definition) is 0. The average molecular weight is 459 g/mol. The molecule has 0 aliphatic heterocycles. The molecule has 0 aliphatic rings. The molecular formula is C15H33ISn. The molecular weight excluding hydrogens is 426 g/mol. The molecule has 0 saturated carbocycles. The Morgan fingerprint density at radius 2 is 1.00 bits per heavy atom. The molecule has 0 heterocycles. The first-order valence-electron chi connectivity index (χ1n) is 7.80. The third-order valence-electron chi connectivity index (χ3n) is 4.02. The van der Waals surface area contributed by atoms with E-state index >= 15 is 0 Å². The molecule has 0 N–H and O–H groups in total. The number of rotatable bonds is 12. The van der Waals surface area contributed by atoms with Crippen molar-refractivity contribution in [3.63, 3.8) is 0 Å². The van der Waals surface area contributed by atoms with E-state index in [0.29, 0.717) is 0 Å². The predicted octanol–water partition coefficient (Wildman–Crippen LogP) is 6.66. The van der Waals surface area contributed by atoms with Gasteiger partial charge in [0.05, 0.1) is 0 Å². The minimum absolute atomic E-state index is 1.39. The number of halogens is 1. The molecule has 0 rings (SSSR count). The van der Waals surface area contributed by atoms with Crippen LogP contribution in [0.5, 0.6) is 0 Å². The monoisotopic (exact) mass is 460 g/mol. The van der Waals surface area contributed by atoms with Gasteiger partial charge in [0.15, 0.2) is 0 Å². The van der Waals surface area contributed by atoms with Gasteiger partial charge < -0.3 is 0 Å². The molecule has 0 saturated heterocycles. The average Bonchev–Trinajstić information content (AvgIpc) is 2.37. The summed E-state index contributed by atoms with van der Waals surface area (Å²) in [5.41, 5.74) is 0. The van der Waals surface area contributed by atoms with E-state index in [1.54, 1.807) is 17.7 Å². The van der Waals surface area contributed by atoms with Crippen LogP contribution in [0, 0.1) is 0 Å². The summed E-state index contributed by atoms with van der Waals surface area (Å²) in [6.07, 6.45) is 10.4. The van der Waals surface area contributed by atoms with Crippen LogP contribution in [0.3, 0.4) is 0 Å². The summed E-state index contributed by atoms with van der Waals surface area (Å²) >= 11 is 0.878. The van der Waals surface area contributed by atoms with Crippen molar-refractivity contribution in [3.8, 4) is 0 Å². The van der Waals surface area contributed by atoms with Crippen molar-refractivity contribution in [2.45, 2.75) is 83.5 Å². The fourth-order valence-electron chi connectivity index (χ4n) is 2.85. The third-order valence-corrected chi connectivity index (χ3v) is 20.9. The zero-order valence-corrected chi connectivity index (χ0v) is 17.4. The van der Waals surface area contributed by atoms with Crippen LogP contribution in [0.2, 0.25) is 17.7 Å². The molecule has 0 spiro atoms. The summed E-state index contributed by atoms with van der Waals surface area (Å²) in [6.45, 7) is 7.11. The van der Waals surface area contributed by atoms with Crippen LogP contribution in [-0.4, -0.2) is 22.8 Å². The Kier molecular flexibility index (Phi) is 13.7. The fourth-order valence-corrected chi connectivity index (χ4v) is 21.7. The predicted molar refractivity (Wildman–Crippen MR) is 93.2 cm³/mol. The van der Waals surface area contributed by atoms with E-state index in [9.17, 15) is 0 Å². The van der Waals surface area contributed by atoms with Crippen LogP contribution in [0.25, 0.3) is 0 Å². The zero-order chi connectivity index (χ0) is 13.0. The second-order valence-corrected chi connectivity index (χ2v) is 21.0. The van der Waals surface area contributed by atoms with Gasteiger partial charge >= 0.3 is 129 Å². The molecule has 104 valence electrons. The fraction of sp³-hybridized carbons (Fsp3) is 1.00. The summed E-state index contributed by atoms with van der Waals surface area (Å²) in [5, 5.41) is 0. The van der Waals surface area contributed by atoms with E-state index in [1.807, 2.05) is 0 Å². The number of unbranched alkanes of at least 4 members (excludes halogenated alkanes) is 3. The van der Waals surface area contributed by atoms with Gasteiger partial charge in [-0.05, 0) is 0 Å². The van der Waals surface area contributed by atoms with E-state index in [2.05, 4.69) is 43.4 Å². The molecule has 0 nitrogen and oxygen atoms in total. The Bertz CT molecular complexity index is 121. The van der Waals surface area contributed by atoms with Crippen LogP contribution in [0.4, 0.5) is 0 Å². The Balaban J connectivity index is 4.39. The van der Waals surface area contributed by atoms with E-state index in [1.165, 1.54) is 49.4 Å². The van der Waals surface area contributed by atoms with Crippen molar-refractivity contribution < 1.29 is 0 Å². The molecule has 0 aromatic heterocycles. The summed E-state index contributed by atoms with van der Waals surface area (Å²) in [5.74, 6) is 0. The van der Waals surface area contributed by atoms with Crippen LogP contribution in [-0.2, 0) is 0 Å². The molecule has 0 fully saturated rings. The molecule has 0 unspecified atom stereocenters. The molecule has 0 atom stereocenters. The van der Waals surface area contributed by atoms with Gasteiger partial charge in [0, 0.05) is 0 Å². The topological polar surface area (TPSA) is 0 Å². The summed E-state index contributed by atoms with van der Waals surface area (Å²) in [6, 6.07) is 0. The zero-order valence-electron chi connectivity index (χ0n) is 12.4. The molecule has 17 heavy (non-hydrogen) atoms. The summed E-state index contributed by atoms with van der Waals surface area (Å²) in [4.78, 5) is 0. The van der Waals surface area contributed by atoms with Gasteiger partial charge in [0.1, 0.15) is 0 Å². The molecule has 0 bridgehead atoms. The van der Waals surface area contributed by atoms with Crippen LogP contribution >= 0.6 is 22.6 Å². The van der Waals surface area contributed by atoms with Crippen molar-refractivity contribution in [1.82, 2.24) is 0 Å². The van der Waals surface area contributed by atoms with Gasteiger partial charge in [-0.3, -0.25) is 0 Å². The van der Waals surface area contributed by atoms with Crippen LogP contribution in [0.15, 0.2) is 0 Å². The molecule has 2 heteroatoms. The molecule has 0 aliphatic carbocycles. The first-order valence-corrected chi connectivity index (χ1v) is 17.4. The van der Waals surface area contributed by atoms with Gasteiger partial charge in [0.2, 0.25) is 0 Å². The normalized spacial score (nSPS) is 12.0.